The molecule has 166 valence electrons. The van der Waals surface area contributed by atoms with Crippen LogP contribution in [0.15, 0.2) is 65.3 Å². The third kappa shape index (κ3) is 3.82. The number of rotatable bonds is 3. The zero-order chi connectivity index (χ0) is 23.5. The van der Waals surface area contributed by atoms with E-state index in [9.17, 15) is 13.2 Å². The van der Waals surface area contributed by atoms with Crippen molar-refractivity contribution in [1.82, 2.24) is 4.98 Å². The average molecular weight is 587 g/mol. The van der Waals surface area contributed by atoms with Gasteiger partial charge in [0.25, 0.3) is 0 Å². The molecule has 0 aliphatic heterocycles. The van der Waals surface area contributed by atoms with E-state index in [1.54, 1.807) is 6.20 Å². The summed E-state index contributed by atoms with van der Waals surface area (Å²) in [5, 5.41) is 3.19. The van der Waals surface area contributed by atoms with Gasteiger partial charge in [-0.3, -0.25) is 0 Å². The summed E-state index contributed by atoms with van der Waals surface area (Å²) in [4.78, 5) is 4.98. The van der Waals surface area contributed by atoms with E-state index in [4.69, 9.17) is 0 Å². The van der Waals surface area contributed by atoms with Gasteiger partial charge in [-0.25, -0.2) is 0 Å². The van der Waals surface area contributed by atoms with Crippen molar-refractivity contribution in [2.24, 2.45) is 0 Å². The first-order valence-electron chi connectivity index (χ1n) is 10.4. The summed E-state index contributed by atoms with van der Waals surface area (Å²) in [5.41, 5.74) is 1.36. The van der Waals surface area contributed by atoms with Crippen LogP contribution in [0, 0.1) is 17.5 Å². The number of benzene rings is 3. The number of hydrogen-bond donors (Lipinski definition) is 0. The second kappa shape index (κ2) is 8.25. The van der Waals surface area contributed by atoms with Gasteiger partial charge in [-0.2, -0.15) is 0 Å². The van der Waals surface area contributed by atoms with Crippen molar-refractivity contribution in [1.29, 1.82) is 0 Å². The van der Waals surface area contributed by atoms with Crippen LogP contribution in [0.1, 0.15) is 0 Å². The summed E-state index contributed by atoms with van der Waals surface area (Å²) in [7, 11) is 0. The summed E-state index contributed by atoms with van der Waals surface area (Å²) in [6, 6.07) is 16.2. The van der Waals surface area contributed by atoms with Crippen LogP contribution >= 0.6 is 27.3 Å². The molecule has 5 rings (SSSR count). The molecule has 0 saturated carbocycles. The van der Waals surface area contributed by atoms with Crippen LogP contribution in [0.5, 0.6) is 0 Å². The van der Waals surface area contributed by atoms with Gasteiger partial charge in [-0.1, -0.05) is 0 Å². The zero-order valence-electron chi connectivity index (χ0n) is 18.1. The number of hydrogen-bond acceptors (Lipinski definition) is 2. The van der Waals surface area contributed by atoms with E-state index in [1.165, 1.54) is 21.1 Å². The molecule has 0 radical (unpaired) electrons. The Labute approximate surface area is 204 Å². The predicted molar refractivity (Wildman–Crippen MR) is 139 cm³/mol. The van der Waals surface area contributed by atoms with Gasteiger partial charge in [0.05, 0.1) is 0 Å². The van der Waals surface area contributed by atoms with E-state index in [0.717, 1.165) is 38.9 Å². The molecule has 0 fully saturated rings. The van der Waals surface area contributed by atoms with E-state index in [0.29, 0.717) is 9.35 Å². The Morgan fingerprint density at radius 2 is 1.61 bits per heavy atom. The molecule has 0 spiro atoms. The van der Waals surface area contributed by atoms with Crippen molar-refractivity contribution in [2.75, 3.05) is 0 Å². The molecule has 5 aromatic rings. The van der Waals surface area contributed by atoms with Crippen molar-refractivity contribution in [2.45, 2.75) is 17.3 Å². The predicted octanol–water partition coefficient (Wildman–Crippen LogP) is 8.51. The molecule has 1 nitrogen and oxygen atoms in total. The van der Waals surface area contributed by atoms with Crippen molar-refractivity contribution >= 4 is 65.8 Å². The summed E-state index contributed by atoms with van der Waals surface area (Å²) in [6.45, 7) is 0. The Balaban J connectivity index is 1.81. The summed E-state index contributed by atoms with van der Waals surface area (Å²) >= 11 is 2.49. The van der Waals surface area contributed by atoms with Crippen LogP contribution in [0.4, 0.5) is 13.2 Å². The molecule has 0 unspecified atom stereocenters. The van der Waals surface area contributed by atoms with Crippen molar-refractivity contribution in [3.63, 3.8) is 0 Å². The van der Waals surface area contributed by atoms with Crippen LogP contribution in [-0.4, -0.2) is 18.3 Å². The maximum atomic E-state index is 14.6. The summed E-state index contributed by atoms with van der Waals surface area (Å²) < 4.78 is 45.8. The number of fused-ring (bicyclic) bond motifs is 2. The number of thiophene rings is 1. The molecule has 0 N–H and O–H groups in total. The monoisotopic (exact) mass is 587 g/mol. The van der Waals surface area contributed by atoms with Crippen LogP contribution < -0.4 is 4.40 Å². The number of aromatic nitrogens is 1. The van der Waals surface area contributed by atoms with E-state index >= 15 is 0 Å². The number of halogens is 4. The van der Waals surface area contributed by atoms with Crippen LogP contribution in [0.25, 0.3) is 42.6 Å². The average Bonchev–Trinajstić information content (AvgIpc) is 3.11. The molecule has 0 aliphatic rings. The van der Waals surface area contributed by atoms with Gasteiger partial charge in [0.15, 0.2) is 0 Å². The molecule has 0 amide bonds. The third-order valence-corrected chi connectivity index (χ3v) is 12.3. The Morgan fingerprint density at radius 1 is 0.879 bits per heavy atom. The maximum absolute atomic E-state index is 14.6. The van der Waals surface area contributed by atoms with Crippen molar-refractivity contribution in [3.05, 3.63) is 82.7 Å². The first-order valence-corrected chi connectivity index (χ1v) is 19.4. The van der Waals surface area contributed by atoms with Crippen LogP contribution in [0.2, 0.25) is 17.3 Å². The molecular formula is C26H19BrF3GeNS. The third-order valence-electron chi connectivity index (χ3n) is 5.76. The van der Waals surface area contributed by atoms with Gasteiger partial charge in [0, 0.05) is 0 Å². The van der Waals surface area contributed by atoms with E-state index in [2.05, 4.69) is 68.5 Å². The molecule has 3 aromatic carbocycles. The first kappa shape index (κ1) is 22.6. The molecule has 0 atom stereocenters. The van der Waals surface area contributed by atoms with Gasteiger partial charge < -0.3 is 0 Å². The van der Waals surface area contributed by atoms with Crippen LogP contribution in [0.3, 0.4) is 0 Å². The zero-order valence-corrected chi connectivity index (χ0v) is 22.6. The fraction of sp³-hybridized carbons (Fsp3) is 0.115. The van der Waals surface area contributed by atoms with Crippen molar-refractivity contribution < 1.29 is 13.2 Å². The molecule has 33 heavy (non-hydrogen) atoms. The van der Waals surface area contributed by atoms with Crippen LogP contribution in [-0.2, 0) is 0 Å². The number of nitrogens with zero attached hydrogens (tertiary/aromatic N) is 1. The SMILES string of the molecule is [CH3][Ge]([CH3])([CH3])[c]1cc(-c2nccc3c(Br)c(-c4c(F)ccc(F)c4F)sc23)cc2ccccc12. The Morgan fingerprint density at radius 3 is 2.36 bits per heavy atom. The quantitative estimate of drug-likeness (QED) is 0.153. The molecule has 2 heterocycles. The molecule has 0 saturated heterocycles. The van der Waals surface area contributed by atoms with Gasteiger partial charge in [-0.05, 0) is 0 Å². The summed E-state index contributed by atoms with van der Waals surface area (Å²) in [5.74, 6) is 4.00. The molecular weight excluding hydrogens is 568 g/mol. The van der Waals surface area contributed by atoms with Crippen molar-refractivity contribution in [3.8, 4) is 21.7 Å². The topological polar surface area (TPSA) is 12.9 Å². The second-order valence-electron chi connectivity index (χ2n) is 8.99. The van der Waals surface area contributed by atoms with Gasteiger partial charge in [-0.15, -0.1) is 0 Å². The van der Waals surface area contributed by atoms with Gasteiger partial charge in [0.1, 0.15) is 0 Å². The molecule has 0 aliphatic carbocycles. The fourth-order valence-corrected chi connectivity index (χ4v) is 9.71. The standard InChI is InChI=1S/C26H19BrF3GeNS/c1-31(2,3)20-13-15(12-14-6-4-5-7-16(14)20)24-25-17(10-11-32-24)22(27)26(33-25)21-18(28)8-9-19(29)23(21)30/h4-13H,1-3H3. The van der Waals surface area contributed by atoms with E-state index < -0.39 is 30.7 Å². The minimum absolute atomic E-state index is 0.309. The number of pyridine rings is 1. The second-order valence-corrected chi connectivity index (χ2v) is 21.4. The molecule has 2 aromatic heterocycles. The van der Waals surface area contributed by atoms with Gasteiger partial charge in [0.2, 0.25) is 0 Å². The Bertz CT molecular complexity index is 1560. The summed E-state index contributed by atoms with van der Waals surface area (Å²) in [6.07, 6.45) is 1.70. The minimum atomic E-state index is -2.24. The first-order chi connectivity index (χ1) is 15.7. The molecule has 7 heteroatoms. The normalized spacial score (nSPS) is 12.1. The van der Waals surface area contributed by atoms with Gasteiger partial charge >= 0.3 is 206 Å². The van der Waals surface area contributed by atoms with E-state index in [1.807, 2.05) is 12.1 Å². The Kier molecular flexibility index (Phi) is 5.66. The fourth-order valence-electron chi connectivity index (χ4n) is 4.16. The Hall–Kier alpha value is -2.16. The molecule has 0 bridgehead atoms. The van der Waals surface area contributed by atoms with E-state index in [-0.39, 0.29) is 5.56 Å².